The molecule has 2 unspecified atom stereocenters. The topological polar surface area (TPSA) is 68.9 Å². The number of hydrogen-bond donors (Lipinski definition) is 2. The van der Waals surface area contributed by atoms with Crippen LogP contribution < -0.4 is 10.2 Å². The molecule has 226 valence electrons. The largest absolute Gasteiger partial charge is 0.430 e. The van der Waals surface area contributed by atoms with Gasteiger partial charge < -0.3 is 19.9 Å². The van der Waals surface area contributed by atoms with Gasteiger partial charge in [-0.1, -0.05) is 39.8 Å². The summed E-state index contributed by atoms with van der Waals surface area (Å²) in [6, 6.07) is 3.46. The van der Waals surface area contributed by atoms with E-state index < -0.39 is 29.2 Å². The first-order valence-electron chi connectivity index (χ1n) is 13.7. The lowest BCUT2D eigenvalue weighted by Gasteiger charge is -2.44. The van der Waals surface area contributed by atoms with Crippen LogP contribution in [0.3, 0.4) is 0 Å². The molecule has 12 heteroatoms. The number of anilines is 1. The maximum absolute atomic E-state index is 14.1. The van der Waals surface area contributed by atoms with E-state index in [0.717, 1.165) is 18.2 Å². The van der Waals surface area contributed by atoms with Gasteiger partial charge in [-0.3, -0.25) is 4.90 Å². The molecular formula is C29H39F5N6O. The van der Waals surface area contributed by atoms with Crippen molar-refractivity contribution >= 4 is 17.4 Å². The third-order valence-electron chi connectivity index (χ3n) is 7.14. The maximum atomic E-state index is 14.1. The minimum absolute atomic E-state index is 0.0280. The van der Waals surface area contributed by atoms with E-state index in [1.807, 2.05) is 39.5 Å². The Hall–Kier alpha value is -3.41. The summed E-state index contributed by atoms with van der Waals surface area (Å²) in [5, 5.41) is 13.9. The van der Waals surface area contributed by atoms with Gasteiger partial charge in [0.05, 0.1) is 19.1 Å². The molecule has 4 rings (SSSR count). The predicted molar refractivity (Wildman–Crippen MR) is 151 cm³/mol. The average Bonchev–Trinajstić information content (AvgIpc) is 3.50. The fourth-order valence-corrected chi connectivity index (χ4v) is 4.97. The molecule has 41 heavy (non-hydrogen) atoms. The van der Waals surface area contributed by atoms with E-state index in [-0.39, 0.29) is 24.3 Å². The second kappa shape index (κ2) is 12.2. The number of nitrogens with one attached hydrogen (secondary N) is 1. The van der Waals surface area contributed by atoms with Crippen LogP contribution in [0.5, 0.6) is 0 Å². The van der Waals surface area contributed by atoms with Crippen molar-refractivity contribution in [1.29, 1.82) is 0 Å². The highest BCUT2D eigenvalue weighted by molar-refractivity contribution is 6.00. The Kier molecular flexibility index (Phi) is 9.57. The van der Waals surface area contributed by atoms with E-state index >= 15 is 0 Å². The summed E-state index contributed by atoms with van der Waals surface area (Å²) in [7, 11) is 1.18. The van der Waals surface area contributed by atoms with Crippen LogP contribution >= 0.6 is 0 Å². The molecule has 2 N–H and O–H groups in total. The van der Waals surface area contributed by atoms with Gasteiger partial charge in [0.2, 0.25) is 5.96 Å². The molecule has 2 atom stereocenters. The van der Waals surface area contributed by atoms with E-state index in [1.165, 1.54) is 19.2 Å². The molecule has 1 aromatic heterocycles. The van der Waals surface area contributed by atoms with Gasteiger partial charge in [0, 0.05) is 13.6 Å². The van der Waals surface area contributed by atoms with Gasteiger partial charge in [0.25, 0.3) is 0 Å². The lowest BCUT2D eigenvalue weighted by atomic mass is 10.0. The molecule has 0 bridgehead atoms. The molecule has 0 spiro atoms. The molecule has 3 heterocycles. The monoisotopic (exact) mass is 582 g/mol. The van der Waals surface area contributed by atoms with Crippen molar-refractivity contribution in [2.45, 2.75) is 73.0 Å². The van der Waals surface area contributed by atoms with Gasteiger partial charge in [-0.2, -0.15) is 13.2 Å². The number of aromatic nitrogens is 2. The summed E-state index contributed by atoms with van der Waals surface area (Å²) >= 11 is 0. The lowest BCUT2D eigenvalue weighted by Crippen LogP contribution is -2.57. The molecule has 2 aliphatic rings. The zero-order valence-electron chi connectivity index (χ0n) is 24.7. The molecule has 2 aromatic rings. The summed E-state index contributed by atoms with van der Waals surface area (Å²) in [6.07, 6.45) is -2.38. The van der Waals surface area contributed by atoms with Crippen molar-refractivity contribution in [1.82, 2.24) is 19.8 Å². The highest BCUT2D eigenvalue weighted by Gasteiger charge is 2.50. The SMILES string of the molecule is CC.CCN1C2=NC(C(C)C)CN2c2c(nc(/C(C)=C/C=C(\NC)C(F)(F)F)n2Cc2ccc(F)c(F)c2)C1(C)O. The molecule has 7 nitrogen and oxygen atoms in total. The molecule has 0 saturated heterocycles. The second-order valence-corrected chi connectivity index (χ2v) is 10.2. The minimum Gasteiger partial charge on any atom is -0.384 e. The molecule has 0 saturated carbocycles. The van der Waals surface area contributed by atoms with E-state index in [0.29, 0.717) is 41.7 Å². The molecule has 0 aliphatic carbocycles. The number of alkyl halides is 3. The quantitative estimate of drug-likeness (QED) is 0.309. The summed E-state index contributed by atoms with van der Waals surface area (Å²) in [4.78, 5) is 13.3. The number of hydrogen-bond acceptors (Lipinski definition) is 6. The smallest absolute Gasteiger partial charge is 0.384 e. The van der Waals surface area contributed by atoms with Crippen molar-refractivity contribution in [2.75, 3.05) is 25.0 Å². The van der Waals surface area contributed by atoms with Crippen LogP contribution in [0.25, 0.3) is 5.57 Å². The Morgan fingerprint density at radius 1 is 1.20 bits per heavy atom. The first kappa shape index (κ1) is 32.1. The first-order chi connectivity index (χ1) is 19.2. The maximum Gasteiger partial charge on any atom is 0.430 e. The molecule has 1 aromatic carbocycles. The highest BCUT2D eigenvalue weighted by atomic mass is 19.4. The molecule has 0 fully saturated rings. The van der Waals surface area contributed by atoms with Crippen LogP contribution in [0.15, 0.2) is 41.0 Å². The second-order valence-electron chi connectivity index (χ2n) is 10.2. The molecule has 0 amide bonds. The minimum atomic E-state index is -4.58. The zero-order chi connectivity index (χ0) is 30.9. The van der Waals surface area contributed by atoms with E-state index in [9.17, 15) is 27.1 Å². The summed E-state index contributed by atoms with van der Waals surface area (Å²) in [5.41, 5.74) is -1.44. The third-order valence-corrected chi connectivity index (χ3v) is 7.14. The van der Waals surface area contributed by atoms with Gasteiger partial charge >= 0.3 is 6.18 Å². The van der Waals surface area contributed by atoms with Crippen LogP contribution in [0, 0.1) is 17.6 Å². The van der Waals surface area contributed by atoms with Crippen LogP contribution in [-0.4, -0.2) is 57.9 Å². The normalized spacial score (nSPS) is 21.0. The van der Waals surface area contributed by atoms with Gasteiger partial charge in [-0.05, 0) is 56.0 Å². The van der Waals surface area contributed by atoms with Crippen LogP contribution in [-0.2, 0) is 12.3 Å². The van der Waals surface area contributed by atoms with Gasteiger partial charge in [-0.15, -0.1) is 0 Å². The highest BCUT2D eigenvalue weighted by Crippen LogP contribution is 2.43. The van der Waals surface area contributed by atoms with Crippen molar-refractivity contribution in [2.24, 2.45) is 10.9 Å². The number of halogens is 5. The number of aliphatic hydroxyl groups is 1. The van der Waals surface area contributed by atoms with E-state index in [2.05, 4.69) is 5.32 Å². The third kappa shape index (κ3) is 6.12. The van der Waals surface area contributed by atoms with E-state index in [1.54, 1.807) is 23.3 Å². The van der Waals surface area contributed by atoms with Gasteiger partial charge in [-0.25, -0.2) is 18.8 Å². The number of fused-ring (bicyclic) bond motifs is 3. The average molecular weight is 583 g/mol. The van der Waals surface area contributed by atoms with Crippen molar-refractivity contribution in [3.63, 3.8) is 0 Å². The fraction of sp³-hybridized carbons (Fsp3) is 0.517. The Morgan fingerprint density at radius 2 is 1.85 bits per heavy atom. The lowest BCUT2D eigenvalue weighted by molar-refractivity contribution is -0.0959. The fourth-order valence-electron chi connectivity index (χ4n) is 4.97. The number of rotatable bonds is 7. The Morgan fingerprint density at radius 3 is 2.39 bits per heavy atom. The van der Waals surface area contributed by atoms with Gasteiger partial charge in [0.1, 0.15) is 23.0 Å². The van der Waals surface area contributed by atoms with Crippen molar-refractivity contribution < 1.29 is 27.1 Å². The number of guanidine groups is 1. The van der Waals surface area contributed by atoms with Crippen molar-refractivity contribution in [3.8, 4) is 0 Å². The summed E-state index contributed by atoms with van der Waals surface area (Å²) < 4.78 is 69.5. The Labute approximate surface area is 238 Å². The Bertz CT molecular complexity index is 1340. The number of benzene rings is 1. The van der Waals surface area contributed by atoms with Crippen LogP contribution in [0.1, 0.15) is 65.5 Å². The Balaban J connectivity index is 0.00000226. The first-order valence-corrected chi connectivity index (χ1v) is 13.7. The summed E-state index contributed by atoms with van der Waals surface area (Å²) in [5.74, 6) is -0.463. The number of imidazole rings is 1. The number of nitrogens with zero attached hydrogens (tertiary/aromatic N) is 5. The number of allylic oxidation sites excluding steroid dienone is 4. The molecule has 0 radical (unpaired) electrons. The van der Waals surface area contributed by atoms with Crippen LogP contribution in [0.2, 0.25) is 0 Å². The van der Waals surface area contributed by atoms with Crippen molar-refractivity contribution in [3.05, 3.63) is 64.8 Å². The molecule has 2 aliphatic heterocycles. The standard InChI is InChI=1S/C27H33F5N6O.C2H6/c1-7-38-25-34-20(15(2)3)14-37(25)24-22(26(38,5)39)35-23(16(4)8-11-21(33-6)27(30,31)32)36(24)13-17-9-10-18(28)19(29)12-17;1-2/h8-12,15,20,33,39H,7,13-14H2,1-6H3;1-2H3/b16-8+,21-11-;. The predicted octanol–water partition coefficient (Wildman–Crippen LogP) is 6.01. The molecular weight excluding hydrogens is 543 g/mol. The zero-order valence-corrected chi connectivity index (χ0v) is 24.7. The summed E-state index contributed by atoms with van der Waals surface area (Å²) in [6.45, 7) is 14.1. The van der Waals surface area contributed by atoms with E-state index in [4.69, 9.17) is 9.98 Å². The number of aliphatic imine (C=N–C) groups is 1. The van der Waals surface area contributed by atoms with Crippen LogP contribution in [0.4, 0.5) is 27.8 Å². The van der Waals surface area contributed by atoms with Gasteiger partial charge in [0.15, 0.2) is 17.4 Å².